The third kappa shape index (κ3) is 2.98. The van der Waals surface area contributed by atoms with Gasteiger partial charge < -0.3 is 9.80 Å². The average Bonchev–Trinajstić information content (AvgIpc) is 3.19. The summed E-state index contributed by atoms with van der Waals surface area (Å²) in [5, 5.41) is 1.19. The molecule has 1 spiro atoms. The smallest absolute Gasteiger partial charge is 0.263 e. The molecule has 0 N–H and O–H groups in total. The predicted molar refractivity (Wildman–Crippen MR) is 101 cm³/mol. The molecule has 0 radical (unpaired) electrons. The van der Waals surface area contributed by atoms with Crippen LogP contribution in [0.5, 0.6) is 0 Å². The largest absolute Gasteiger partial charge is 0.337 e. The fourth-order valence-corrected chi connectivity index (χ4v) is 5.52. The Bertz CT molecular complexity index is 707. The quantitative estimate of drug-likeness (QED) is 0.833. The van der Waals surface area contributed by atoms with Crippen LogP contribution in [0.1, 0.15) is 42.3 Å². The number of benzene rings is 1. The number of hydrogen-bond acceptors (Lipinski definition) is 3. The van der Waals surface area contributed by atoms with Crippen molar-refractivity contribution in [2.75, 3.05) is 32.7 Å². The first-order valence-electron chi connectivity index (χ1n) is 9.19. The monoisotopic (exact) mass is 342 g/mol. The molecule has 2 aromatic rings. The lowest BCUT2D eigenvalue weighted by Gasteiger charge is -2.40. The van der Waals surface area contributed by atoms with Crippen LogP contribution in [-0.2, 0) is 0 Å². The minimum absolute atomic E-state index is 0.240. The molecule has 3 nitrogen and oxygen atoms in total. The Labute approximate surface area is 148 Å². The first-order chi connectivity index (χ1) is 11.7. The molecule has 128 valence electrons. The van der Waals surface area contributed by atoms with Gasteiger partial charge >= 0.3 is 0 Å². The van der Waals surface area contributed by atoms with Gasteiger partial charge in [0.05, 0.1) is 4.88 Å². The molecule has 2 saturated heterocycles. The summed E-state index contributed by atoms with van der Waals surface area (Å²) in [6.45, 7) is 7.70. The van der Waals surface area contributed by atoms with Crippen molar-refractivity contribution in [3.63, 3.8) is 0 Å². The Morgan fingerprint density at radius 1 is 1.21 bits per heavy atom. The third-order valence-corrected chi connectivity index (χ3v) is 6.75. The Morgan fingerprint density at radius 3 is 2.92 bits per heavy atom. The summed E-state index contributed by atoms with van der Waals surface area (Å²) in [4.78, 5) is 18.7. The number of fused-ring (bicyclic) bond motifs is 1. The zero-order valence-electron chi connectivity index (χ0n) is 14.5. The Hall–Kier alpha value is -1.39. The summed E-state index contributed by atoms with van der Waals surface area (Å²) in [5.41, 5.74) is 0.347. The van der Waals surface area contributed by atoms with Crippen molar-refractivity contribution in [3.05, 3.63) is 35.2 Å². The van der Waals surface area contributed by atoms with Crippen molar-refractivity contribution in [1.29, 1.82) is 0 Å². The third-order valence-electron chi connectivity index (χ3n) is 5.64. The van der Waals surface area contributed by atoms with E-state index in [1.54, 1.807) is 11.3 Å². The summed E-state index contributed by atoms with van der Waals surface area (Å²) < 4.78 is 1.21. The van der Waals surface area contributed by atoms with Gasteiger partial charge in [-0.15, -0.1) is 11.3 Å². The molecule has 1 aromatic carbocycles. The zero-order chi connectivity index (χ0) is 16.6. The van der Waals surface area contributed by atoms with Crippen LogP contribution in [0.3, 0.4) is 0 Å². The highest BCUT2D eigenvalue weighted by Gasteiger charge is 2.42. The van der Waals surface area contributed by atoms with Crippen LogP contribution >= 0.6 is 11.3 Å². The molecule has 1 aromatic heterocycles. The number of nitrogens with zero attached hydrogens (tertiary/aromatic N) is 2. The van der Waals surface area contributed by atoms with Crippen LogP contribution in [0.2, 0.25) is 0 Å². The van der Waals surface area contributed by atoms with Gasteiger partial charge in [-0.3, -0.25) is 4.79 Å². The topological polar surface area (TPSA) is 23.6 Å². The number of amides is 1. The highest BCUT2D eigenvalue weighted by molar-refractivity contribution is 7.20. The van der Waals surface area contributed by atoms with Gasteiger partial charge in [0.15, 0.2) is 0 Å². The Morgan fingerprint density at radius 2 is 2.08 bits per heavy atom. The SMILES string of the molecule is CCCN1CC[C@@]2(CCCN(C(=O)c3cc4ccccc4s3)C2)C1. The molecular weight excluding hydrogens is 316 g/mol. The fourth-order valence-electron chi connectivity index (χ4n) is 4.49. The van der Waals surface area contributed by atoms with Crippen LogP contribution in [0.4, 0.5) is 0 Å². The van der Waals surface area contributed by atoms with Gasteiger partial charge in [-0.05, 0) is 56.3 Å². The standard InChI is InChI=1S/C20H26N2OS/c1-2-10-21-12-9-20(14-21)8-5-11-22(15-20)19(23)18-13-16-6-3-4-7-17(16)24-18/h3-4,6-7,13H,2,5,8-12,14-15H2,1H3/t20-/m0/s1. The molecule has 2 aliphatic heterocycles. The van der Waals surface area contributed by atoms with Gasteiger partial charge in [0.25, 0.3) is 5.91 Å². The number of carbonyl (C=O) groups excluding carboxylic acids is 1. The Balaban J connectivity index is 1.50. The van der Waals surface area contributed by atoms with E-state index in [9.17, 15) is 4.79 Å². The molecule has 3 heterocycles. The molecular formula is C20H26N2OS. The highest BCUT2D eigenvalue weighted by atomic mass is 32.1. The van der Waals surface area contributed by atoms with Crippen molar-refractivity contribution >= 4 is 27.3 Å². The molecule has 4 heteroatoms. The highest BCUT2D eigenvalue weighted by Crippen LogP contribution is 2.39. The Kier molecular flexibility index (Phi) is 4.35. The lowest BCUT2D eigenvalue weighted by atomic mass is 9.79. The van der Waals surface area contributed by atoms with E-state index < -0.39 is 0 Å². The number of piperidine rings is 1. The van der Waals surface area contributed by atoms with Crippen LogP contribution < -0.4 is 0 Å². The van der Waals surface area contributed by atoms with Gasteiger partial charge in [-0.1, -0.05) is 25.1 Å². The zero-order valence-corrected chi connectivity index (χ0v) is 15.3. The maximum absolute atomic E-state index is 13.0. The van der Waals surface area contributed by atoms with Crippen LogP contribution in [-0.4, -0.2) is 48.4 Å². The van der Waals surface area contributed by atoms with Crippen molar-refractivity contribution in [3.8, 4) is 0 Å². The average molecular weight is 343 g/mol. The molecule has 0 aliphatic carbocycles. The van der Waals surface area contributed by atoms with E-state index in [1.807, 2.05) is 12.1 Å². The van der Waals surface area contributed by atoms with Gasteiger partial charge in [-0.25, -0.2) is 0 Å². The maximum atomic E-state index is 13.0. The van der Waals surface area contributed by atoms with E-state index in [0.29, 0.717) is 5.41 Å². The molecule has 1 atom stereocenters. The minimum Gasteiger partial charge on any atom is -0.337 e. The molecule has 4 rings (SSSR count). The fraction of sp³-hybridized carbons (Fsp3) is 0.550. The van der Waals surface area contributed by atoms with Crippen LogP contribution in [0.25, 0.3) is 10.1 Å². The molecule has 0 bridgehead atoms. The van der Waals surface area contributed by atoms with E-state index in [2.05, 4.69) is 34.9 Å². The van der Waals surface area contributed by atoms with Crippen molar-refractivity contribution in [2.45, 2.75) is 32.6 Å². The van der Waals surface area contributed by atoms with Gasteiger partial charge in [0.1, 0.15) is 0 Å². The number of rotatable bonds is 3. The van der Waals surface area contributed by atoms with E-state index >= 15 is 0 Å². The van der Waals surface area contributed by atoms with E-state index in [-0.39, 0.29) is 5.91 Å². The van der Waals surface area contributed by atoms with Crippen LogP contribution in [0, 0.1) is 5.41 Å². The van der Waals surface area contributed by atoms with Crippen LogP contribution in [0.15, 0.2) is 30.3 Å². The number of thiophene rings is 1. The molecule has 2 fully saturated rings. The van der Waals surface area contributed by atoms with E-state index in [4.69, 9.17) is 0 Å². The second-order valence-corrected chi connectivity index (χ2v) is 8.59. The summed E-state index contributed by atoms with van der Waals surface area (Å²) in [6.07, 6.45) is 4.91. The minimum atomic E-state index is 0.240. The van der Waals surface area contributed by atoms with Gasteiger partial charge in [0, 0.05) is 29.7 Å². The lowest BCUT2D eigenvalue weighted by Crippen LogP contribution is -2.47. The molecule has 1 amide bonds. The lowest BCUT2D eigenvalue weighted by molar-refractivity contribution is 0.0533. The molecule has 0 unspecified atom stereocenters. The predicted octanol–water partition coefficient (Wildman–Crippen LogP) is 4.24. The summed E-state index contributed by atoms with van der Waals surface area (Å²) in [5.74, 6) is 0.240. The van der Waals surface area contributed by atoms with Crippen molar-refractivity contribution < 1.29 is 4.79 Å². The maximum Gasteiger partial charge on any atom is 0.263 e. The molecule has 0 saturated carbocycles. The molecule has 24 heavy (non-hydrogen) atoms. The second kappa shape index (κ2) is 6.49. The first-order valence-corrected chi connectivity index (χ1v) is 10.0. The number of likely N-dealkylation sites (tertiary alicyclic amines) is 2. The van der Waals surface area contributed by atoms with E-state index in [1.165, 1.54) is 49.0 Å². The van der Waals surface area contributed by atoms with Crippen molar-refractivity contribution in [2.24, 2.45) is 5.41 Å². The second-order valence-electron chi connectivity index (χ2n) is 7.50. The molecule has 2 aliphatic rings. The van der Waals surface area contributed by atoms with Gasteiger partial charge in [0.2, 0.25) is 0 Å². The van der Waals surface area contributed by atoms with E-state index in [0.717, 1.165) is 24.4 Å². The number of hydrogen-bond donors (Lipinski definition) is 0. The normalized spacial score (nSPS) is 25.0. The summed E-state index contributed by atoms with van der Waals surface area (Å²) in [7, 11) is 0. The number of carbonyl (C=O) groups is 1. The first kappa shape index (κ1) is 16.1. The summed E-state index contributed by atoms with van der Waals surface area (Å²) >= 11 is 1.64. The van der Waals surface area contributed by atoms with Gasteiger partial charge in [-0.2, -0.15) is 0 Å². The van der Waals surface area contributed by atoms with Crippen molar-refractivity contribution in [1.82, 2.24) is 9.80 Å². The summed E-state index contributed by atoms with van der Waals surface area (Å²) in [6, 6.07) is 10.4.